The van der Waals surface area contributed by atoms with Crippen LogP contribution < -0.4 is 20.8 Å². The van der Waals surface area contributed by atoms with E-state index in [4.69, 9.17) is 10.5 Å². The van der Waals surface area contributed by atoms with Gasteiger partial charge in [0.2, 0.25) is 5.43 Å². The van der Waals surface area contributed by atoms with Gasteiger partial charge in [0.05, 0.1) is 24.7 Å². The largest absolute Gasteiger partial charge is 0.662 e. The van der Waals surface area contributed by atoms with Gasteiger partial charge < -0.3 is 34.4 Å². The number of carbonyl (C=O) groups is 3. The first-order valence-electron chi connectivity index (χ1n) is 11.4. The van der Waals surface area contributed by atoms with Gasteiger partial charge in [0, 0.05) is 51.1 Å². The fourth-order valence-electron chi connectivity index (χ4n) is 4.13. The number of anilines is 1. The van der Waals surface area contributed by atoms with E-state index in [-0.39, 0.29) is 36.0 Å². The van der Waals surface area contributed by atoms with Crippen molar-refractivity contribution in [2.24, 2.45) is 11.7 Å². The summed E-state index contributed by atoms with van der Waals surface area (Å²) in [5.74, 6) is -3.39. The van der Waals surface area contributed by atoms with Crippen LogP contribution in [0, 0.1) is 11.7 Å². The van der Waals surface area contributed by atoms with Gasteiger partial charge in [-0.1, -0.05) is 0 Å². The number of nitrogens with zero attached hydrogens (tertiary/aromatic N) is 2. The summed E-state index contributed by atoms with van der Waals surface area (Å²) in [5.41, 5.74) is 5.28. The van der Waals surface area contributed by atoms with Crippen molar-refractivity contribution in [2.75, 3.05) is 31.8 Å². The molecule has 2 fully saturated rings. The Labute approximate surface area is 211 Å². The van der Waals surface area contributed by atoms with Gasteiger partial charge in [-0.15, -0.1) is 0 Å². The highest BCUT2D eigenvalue weighted by atomic mass is 19.1. The van der Waals surface area contributed by atoms with E-state index in [1.54, 1.807) is 9.47 Å². The number of alkyl halides is 1. The van der Waals surface area contributed by atoms with Crippen molar-refractivity contribution in [3.8, 4) is 5.75 Å². The second-order valence-corrected chi connectivity index (χ2v) is 8.75. The Morgan fingerprint density at radius 2 is 1.81 bits per heavy atom. The summed E-state index contributed by atoms with van der Waals surface area (Å²) in [6.07, 6.45) is 2.95. The molecule has 0 bridgehead atoms. The van der Waals surface area contributed by atoms with Crippen LogP contribution in [0.1, 0.15) is 43.1 Å². The number of fused-ring (bicyclic) bond motifs is 1. The zero-order chi connectivity index (χ0) is 27.4. The minimum atomic E-state index is -1.36. The zero-order valence-electron chi connectivity index (χ0n) is 20.5. The number of hydrogen-bond acceptors (Lipinski definition) is 9. The maximum atomic E-state index is 15.1. The highest BCUT2D eigenvalue weighted by Crippen LogP contribution is 2.44. The van der Waals surface area contributed by atoms with Crippen molar-refractivity contribution in [1.82, 2.24) is 4.57 Å². The Kier molecular flexibility index (Phi) is 8.74. The standard InChI is InChI=1S/C19H21F2N3O4.C4H6BO4/c1-28-18-15-11(17(25)12(19(26)27)7-24(15)10-2-3-10)4-13(21)16(18)23-6-9(5-20)14(22)8-23;1-3(6)8-5-9-4(2)7/h4,7,9-10,14H,2-3,5-6,8,22H2,1H3,(H,26,27);1-2H3/t9-,14+;/m0./s1. The van der Waals surface area contributed by atoms with Crippen LogP contribution in [0.25, 0.3) is 10.9 Å². The van der Waals surface area contributed by atoms with E-state index in [2.05, 4.69) is 9.31 Å². The third-order valence-corrected chi connectivity index (χ3v) is 6.01. The number of carboxylic acids is 1. The molecule has 1 aliphatic heterocycles. The van der Waals surface area contributed by atoms with Crippen molar-refractivity contribution in [3.05, 3.63) is 33.9 Å². The normalized spacial score (nSPS) is 18.6. The molecule has 14 heteroatoms. The van der Waals surface area contributed by atoms with Gasteiger partial charge in [-0.3, -0.25) is 18.8 Å². The number of ether oxygens (including phenoxy) is 1. The van der Waals surface area contributed by atoms with Crippen LogP contribution in [0.2, 0.25) is 0 Å². The molecule has 2 aromatic rings. The number of benzene rings is 1. The highest BCUT2D eigenvalue weighted by Gasteiger charge is 2.36. The van der Waals surface area contributed by atoms with Gasteiger partial charge in [-0.05, 0) is 18.9 Å². The van der Waals surface area contributed by atoms with Crippen molar-refractivity contribution in [1.29, 1.82) is 0 Å². The van der Waals surface area contributed by atoms with E-state index in [1.165, 1.54) is 27.2 Å². The first-order chi connectivity index (χ1) is 17.5. The SMILES string of the molecule is CC(=O)O[B]OC(C)=O.COc1c(N2C[C@H](CF)[C@H](N)C2)c(F)cc2c(=O)c(C(=O)O)cn(C3CC3)c12. The first kappa shape index (κ1) is 27.9. The molecule has 2 heterocycles. The molecular weight excluding hydrogens is 495 g/mol. The molecule has 11 nitrogen and oxygen atoms in total. The topological polar surface area (TPSA) is 150 Å². The van der Waals surface area contributed by atoms with Crippen molar-refractivity contribution < 1.29 is 42.3 Å². The molecule has 3 N–H and O–H groups in total. The number of hydrogen-bond donors (Lipinski definition) is 2. The molecule has 1 radical (unpaired) electrons. The lowest BCUT2D eigenvalue weighted by Crippen LogP contribution is -2.30. The number of pyridine rings is 1. The molecule has 2 aliphatic rings. The highest BCUT2D eigenvalue weighted by molar-refractivity contribution is 6.25. The van der Waals surface area contributed by atoms with E-state index in [0.717, 1.165) is 18.9 Å². The van der Waals surface area contributed by atoms with Gasteiger partial charge in [0.25, 0.3) is 11.9 Å². The predicted octanol–water partition coefficient (Wildman–Crippen LogP) is 1.56. The number of carboxylic acid groups (broad SMARTS) is 1. The van der Waals surface area contributed by atoms with E-state index in [9.17, 15) is 28.7 Å². The van der Waals surface area contributed by atoms with Gasteiger partial charge in [-0.25, -0.2) is 9.18 Å². The summed E-state index contributed by atoms with van der Waals surface area (Å²) < 4.78 is 43.8. The Morgan fingerprint density at radius 3 is 2.27 bits per heavy atom. The second kappa shape index (κ2) is 11.6. The van der Waals surface area contributed by atoms with Crippen LogP contribution in [0.15, 0.2) is 17.1 Å². The Morgan fingerprint density at radius 1 is 1.19 bits per heavy atom. The van der Waals surface area contributed by atoms with E-state index >= 15 is 4.39 Å². The molecule has 1 aromatic carbocycles. The van der Waals surface area contributed by atoms with Crippen molar-refractivity contribution >= 4 is 42.2 Å². The van der Waals surface area contributed by atoms with Gasteiger partial charge in [0.15, 0.2) is 11.6 Å². The van der Waals surface area contributed by atoms with E-state index < -0.39 is 53.4 Å². The number of aromatic nitrogens is 1. The molecule has 0 unspecified atom stereocenters. The molecule has 1 aromatic heterocycles. The van der Waals surface area contributed by atoms with Gasteiger partial charge in [0.1, 0.15) is 11.3 Å². The lowest BCUT2D eigenvalue weighted by atomic mass is 10.1. The van der Waals surface area contributed by atoms with Crippen LogP contribution in [0.4, 0.5) is 14.5 Å². The van der Waals surface area contributed by atoms with E-state index in [0.29, 0.717) is 13.2 Å². The maximum absolute atomic E-state index is 15.1. The summed E-state index contributed by atoms with van der Waals surface area (Å²) in [5, 5.41) is 9.32. The number of aromatic carboxylic acids is 1. The molecular formula is C23H27BF2N3O8. The average Bonchev–Trinajstić information content (AvgIpc) is 3.60. The third-order valence-electron chi connectivity index (χ3n) is 6.01. The molecule has 0 spiro atoms. The maximum Gasteiger partial charge on any atom is 0.662 e. The Balaban J connectivity index is 0.000000364. The number of nitrogens with two attached hydrogens (primary N) is 1. The summed E-state index contributed by atoms with van der Waals surface area (Å²) in [4.78, 5) is 45.7. The Bertz CT molecular complexity index is 1250. The number of rotatable bonds is 7. The third kappa shape index (κ3) is 6.19. The molecule has 1 saturated carbocycles. The fourth-order valence-corrected chi connectivity index (χ4v) is 4.13. The number of carbonyl (C=O) groups excluding carboxylic acids is 2. The van der Waals surface area contributed by atoms with Crippen molar-refractivity contribution in [3.63, 3.8) is 0 Å². The predicted molar refractivity (Wildman–Crippen MR) is 129 cm³/mol. The molecule has 2 atom stereocenters. The van der Waals surface area contributed by atoms with Gasteiger partial charge >= 0.3 is 13.7 Å². The zero-order valence-corrected chi connectivity index (χ0v) is 20.5. The summed E-state index contributed by atoms with van der Waals surface area (Å²) >= 11 is 0. The first-order valence-corrected chi connectivity index (χ1v) is 11.4. The molecule has 1 saturated heterocycles. The van der Waals surface area contributed by atoms with Crippen LogP contribution >= 0.6 is 0 Å². The number of methoxy groups -OCH3 is 1. The second-order valence-electron chi connectivity index (χ2n) is 8.75. The smallest absolute Gasteiger partial charge is 0.500 e. The summed E-state index contributed by atoms with van der Waals surface area (Å²) in [6, 6.07) is 0.632. The van der Waals surface area contributed by atoms with Crippen LogP contribution in [-0.4, -0.2) is 68.2 Å². The molecule has 4 rings (SSSR count). The van der Waals surface area contributed by atoms with Crippen LogP contribution in [0.3, 0.4) is 0 Å². The lowest BCUT2D eigenvalue weighted by molar-refractivity contribution is -0.136. The minimum Gasteiger partial charge on any atom is -0.500 e. The Hall–Kier alpha value is -3.68. The minimum absolute atomic E-state index is 0.0211. The summed E-state index contributed by atoms with van der Waals surface area (Å²) in [6.45, 7) is 2.30. The quantitative estimate of drug-likeness (QED) is 0.513. The monoisotopic (exact) mass is 522 g/mol. The molecule has 199 valence electrons. The molecule has 1 aliphatic carbocycles. The van der Waals surface area contributed by atoms with E-state index in [1.807, 2.05) is 0 Å². The summed E-state index contributed by atoms with van der Waals surface area (Å²) in [7, 11) is 2.07. The van der Waals surface area contributed by atoms with Crippen LogP contribution in [0.5, 0.6) is 5.75 Å². The number of halogens is 2. The van der Waals surface area contributed by atoms with Gasteiger partial charge in [-0.2, -0.15) is 0 Å². The molecule has 37 heavy (non-hydrogen) atoms. The van der Waals surface area contributed by atoms with Crippen molar-refractivity contribution in [2.45, 2.75) is 38.8 Å². The lowest BCUT2D eigenvalue weighted by Gasteiger charge is -2.24. The average molecular weight is 522 g/mol. The molecule has 0 amide bonds. The van der Waals surface area contributed by atoms with Crippen LogP contribution in [-0.2, 0) is 18.9 Å². The fraction of sp³-hybridized carbons (Fsp3) is 0.478.